The number of rotatable bonds is 5. The normalized spacial score (nSPS) is 11.8. The molecule has 0 spiro atoms. The smallest absolute Gasteiger partial charge is 0.433 e. The summed E-state index contributed by atoms with van der Waals surface area (Å²) in [6, 6.07) is 10.8. The highest BCUT2D eigenvalue weighted by Crippen LogP contribution is 2.28. The molecule has 0 saturated heterocycles. The minimum absolute atomic E-state index is 0.0667. The molecule has 0 atom stereocenters. The molecule has 134 valence electrons. The van der Waals surface area contributed by atoms with Crippen LogP contribution in [0.1, 0.15) is 17.0 Å². The largest absolute Gasteiger partial charge is 0.473 e. The number of alkyl halides is 3. The van der Waals surface area contributed by atoms with Gasteiger partial charge in [0.25, 0.3) is 0 Å². The molecule has 0 aliphatic heterocycles. The summed E-state index contributed by atoms with van der Waals surface area (Å²) in [4.78, 5) is 7.41. The van der Waals surface area contributed by atoms with Crippen molar-refractivity contribution in [2.45, 2.75) is 12.8 Å². The van der Waals surface area contributed by atoms with Crippen LogP contribution >= 0.6 is 0 Å². The number of aliphatic imine (C=N–C) groups is 1. The average Bonchev–Trinajstić information content (AvgIpc) is 3.08. The molecule has 0 aliphatic carbocycles. The zero-order valence-electron chi connectivity index (χ0n) is 13.7. The first-order valence-corrected chi connectivity index (χ1v) is 7.57. The number of ether oxygens (including phenoxy) is 1. The summed E-state index contributed by atoms with van der Waals surface area (Å²) < 4.78 is 43.5. The summed E-state index contributed by atoms with van der Waals surface area (Å²) in [6.45, 7) is 0.0667. The fourth-order valence-corrected chi connectivity index (χ4v) is 2.29. The minimum atomic E-state index is -4.51. The second-order valence-corrected chi connectivity index (χ2v) is 5.31. The number of halogens is 3. The van der Waals surface area contributed by atoms with E-state index in [1.165, 1.54) is 12.1 Å². The van der Waals surface area contributed by atoms with Crippen LogP contribution in [-0.2, 0) is 12.8 Å². The number of nitrogens with zero attached hydrogens (tertiary/aromatic N) is 4. The van der Waals surface area contributed by atoms with E-state index in [1.807, 2.05) is 12.1 Å². The van der Waals surface area contributed by atoms with Gasteiger partial charge in [0, 0.05) is 24.9 Å². The monoisotopic (exact) mass is 361 g/mol. The molecule has 9 heteroatoms. The number of aromatic nitrogens is 4. The van der Waals surface area contributed by atoms with E-state index in [0.29, 0.717) is 11.4 Å². The molecule has 3 rings (SSSR count). The quantitative estimate of drug-likeness (QED) is 0.706. The van der Waals surface area contributed by atoms with Gasteiger partial charge in [0.15, 0.2) is 0 Å². The molecule has 0 unspecified atom stereocenters. The van der Waals surface area contributed by atoms with E-state index in [9.17, 15) is 13.2 Å². The lowest BCUT2D eigenvalue weighted by molar-refractivity contribution is -0.141. The fourth-order valence-electron chi connectivity index (χ4n) is 2.29. The Balaban J connectivity index is 1.77. The van der Waals surface area contributed by atoms with Crippen LogP contribution < -0.4 is 4.74 Å². The van der Waals surface area contributed by atoms with Crippen LogP contribution in [-0.4, -0.2) is 33.7 Å². The summed E-state index contributed by atoms with van der Waals surface area (Å²) in [5.74, 6) is -0.0922. The SMILES string of the molecule is C/N=C\c1[nH]nnc1-c1cccc(COc2cccc(C(F)(F)F)n2)c1. The van der Waals surface area contributed by atoms with E-state index in [4.69, 9.17) is 4.74 Å². The number of nitrogens with one attached hydrogen (secondary N) is 1. The van der Waals surface area contributed by atoms with E-state index >= 15 is 0 Å². The Morgan fingerprint density at radius 2 is 2.00 bits per heavy atom. The number of aromatic amines is 1. The molecular formula is C17H14F3N5O. The Hall–Kier alpha value is -3.23. The Labute approximate surface area is 146 Å². The van der Waals surface area contributed by atoms with E-state index in [-0.39, 0.29) is 12.5 Å². The summed E-state index contributed by atoms with van der Waals surface area (Å²) in [5, 5.41) is 10.5. The third-order valence-corrected chi connectivity index (χ3v) is 3.43. The van der Waals surface area contributed by atoms with Crippen LogP contribution in [0.4, 0.5) is 13.2 Å². The lowest BCUT2D eigenvalue weighted by atomic mass is 10.1. The molecular weight excluding hydrogens is 347 g/mol. The molecule has 0 amide bonds. The zero-order chi connectivity index (χ0) is 18.6. The number of pyridine rings is 1. The Bertz CT molecular complexity index is 921. The molecule has 1 N–H and O–H groups in total. The van der Waals surface area contributed by atoms with Crippen molar-refractivity contribution in [3.8, 4) is 17.1 Å². The second kappa shape index (κ2) is 7.34. The molecule has 2 heterocycles. The van der Waals surface area contributed by atoms with Gasteiger partial charge in [-0.15, -0.1) is 5.10 Å². The molecule has 0 radical (unpaired) electrons. The lowest BCUT2D eigenvalue weighted by Gasteiger charge is -2.09. The van der Waals surface area contributed by atoms with Gasteiger partial charge in [0.1, 0.15) is 23.7 Å². The van der Waals surface area contributed by atoms with Gasteiger partial charge in [-0.25, -0.2) is 4.98 Å². The molecule has 0 saturated carbocycles. The summed E-state index contributed by atoms with van der Waals surface area (Å²) in [7, 11) is 1.64. The third kappa shape index (κ3) is 4.05. The van der Waals surface area contributed by atoms with Crippen LogP contribution in [0.25, 0.3) is 11.3 Å². The highest BCUT2D eigenvalue weighted by molar-refractivity contribution is 5.86. The van der Waals surface area contributed by atoms with Crippen molar-refractivity contribution in [3.05, 3.63) is 59.4 Å². The van der Waals surface area contributed by atoms with Crippen molar-refractivity contribution in [1.29, 1.82) is 0 Å². The first kappa shape index (κ1) is 17.6. The highest BCUT2D eigenvalue weighted by Gasteiger charge is 2.32. The van der Waals surface area contributed by atoms with Crippen molar-refractivity contribution in [2.75, 3.05) is 7.05 Å². The standard InChI is InChI=1S/C17H14F3N5O/c1-21-9-13-16(24-25-23-13)12-5-2-4-11(8-12)10-26-15-7-3-6-14(22-15)17(18,19)20/h2-9H,10H2,1H3,(H,23,24,25)/b21-9-. The van der Waals surface area contributed by atoms with Gasteiger partial charge in [-0.2, -0.15) is 13.2 Å². The minimum Gasteiger partial charge on any atom is -0.473 e. The van der Waals surface area contributed by atoms with E-state index < -0.39 is 11.9 Å². The predicted octanol–water partition coefficient (Wildman–Crippen LogP) is 3.51. The molecule has 0 aliphatic rings. The van der Waals surface area contributed by atoms with Gasteiger partial charge in [0.2, 0.25) is 5.88 Å². The average molecular weight is 361 g/mol. The van der Waals surface area contributed by atoms with Crippen molar-refractivity contribution >= 4 is 6.21 Å². The van der Waals surface area contributed by atoms with Crippen LogP contribution in [0.15, 0.2) is 47.5 Å². The van der Waals surface area contributed by atoms with Gasteiger partial charge in [-0.3, -0.25) is 10.1 Å². The maximum Gasteiger partial charge on any atom is 0.433 e. The summed E-state index contributed by atoms with van der Waals surface area (Å²) in [5.41, 5.74) is 1.82. The van der Waals surface area contributed by atoms with Gasteiger partial charge in [0.05, 0.1) is 0 Å². The lowest BCUT2D eigenvalue weighted by Crippen LogP contribution is -2.08. The van der Waals surface area contributed by atoms with Crippen molar-refractivity contribution in [3.63, 3.8) is 0 Å². The van der Waals surface area contributed by atoms with Crippen molar-refractivity contribution in [1.82, 2.24) is 20.4 Å². The van der Waals surface area contributed by atoms with Gasteiger partial charge >= 0.3 is 6.18 Å². The Morgan fingerprint density at radius 1 is 1.19 bits per heavy atom. The van der Waals surface area contributed by atoms with E-state index in [1.54, 1.807) is 25.4 Å². The number of hydrogen-bond acceptors (Lipinski definition) is 5. The molecule has 0 bridgehead atoms. The fraction of sp³-hybridized carbons (Fsp3) is 0.176. The number of H-pyrrole nitrogens is 1. The molecule has 2 aromatic heterocycles. The number of hydrogen-bond donors (Lipinski definition) is 1. The molecule has 6 nitrogen and oxygen atoms in total. The molecule has 0 fully saturated rings. The Kier molecular flexibility index (Phi) is 4.97. The zero-order valence-corrected chi connectivity index (χ0v) is 13.7. The van der Waals surface area contributed by atoms with Crippen molar-refractivity contribution in [2.24, 2.45) is 4.99 Å². The van der Waals surface area contributed by atoms with Crippen molar-refractivity contribution < 1.29 is 17.9 Å². The topological polar surface area (TPSA) is 76.0 Å². The molecule has 1 aromatic carbocycles. The summed E-state index contributed by atoms with van der Waals surface area (Å²) >= 11 is 0. The maximum atomic E-state index is 12.7. The molecule has 3 aromatic rings. The third-order valence-electron chi connectivity index (χ3n) is 3.43. The molecule has 26 heavy (non-hydrogen) atoms. The van der Waals surface area contributed by atoms with Crippen LogP contribution in [0.3, 0.4) is 0 Å². The maximum absolute atomic E-state index is 12.7. The first-order valence-electron chi connectivity index (χ1n) is 7.57. The second-order valence-electron chi connectivity index (χ2n) is 5.31. The number of benzene rings is 1. The van der Waals surface area contributed by atoms with Gasteiger partial charge in [-0.05, 0) is 17.7 Å². The van der Waals surface area contributed by atoms with Crippen LogP contribution in [0.5, 0.6) is 5.88 Å². The highest BCUT2D eigenvalue weighted by atomic mass is 19.4. The Morgan fingerprint density at radius 3 is 2.77 bits per heavy atom. The predicted molar refractivity (Wildman–Crippen MR) is 88.9 cm³/mol. The van der Waals surface area contributed by atoms with E-state index in [0.717, 1.165) is 17.2 Å². The van der Waals surface area contributed by atoms with Crippen LogP contribution in [0, 0.1) is 0 Å². The van der Waals surface area contributed by atoms with E-state index in [2.05, 4.69) is 25.4 Å². The van der Waals surface area contributed by atoms with Gasteiger partial charge < -0.3 is 4.74 Å². The van der Waals surface area contributed by atoms with Crippen LogP contribution in [0.2, 0.25) is 0 Å². The summed E-state index contributed by atoms with van der Waals surface area (Å²) in [6.07, 6.45) is -2.91. The first-order chi connectivity index (χ1) is 12.5. The van der Waals surface area contributed by atoms with Gasteiger partial charge in [-0.1, -0.05) is 29.5 Å².